The lowest BCUT2D eigenvalue weighted by atomic mass is 9.78. The van der Waals surface area contributed by atoms with Crippen LogP contribution in [0.4, 0.5) is 0 Å². The van der Waals surface area contributed by atoms with Crippen molar-refractivity contribution in [3.05, 3.63) is 387 Å². The average molecular weight is 1340 g/mol. The highest BCUT2D eigenvalue weighted by Crippen LogP contribution is 2.42. The molecule has 2 heterocycles. The number of hydrogen-bond acceptors (Lipinski definition) is 4. The van der Waals surface area contributed by atoms with Gasteiger partial charge in [-0.1, -0.05) is 314 Å². The molecule has 0 aliphatic heterocycles. The molecule has 4 heteroatoms. The predicted molar refractivity (Wildman–Crippen MR) is 436 cm³/mol. The first-order valence-electron chi connectivity index (χ1n) is 35.9. The third-order valence-corrected chi connectivity index (χ3v) is 19.9. The fourth-order valence-corrected chi connectivity index (χ4v) is 14.3. The van der Waals surface area contributed by atoms with Gasteiger partial charge in [-0.3, -0.25) is 0 Å². The predicted octanol–water partition coefficient (Wildman–Crippen LogP) is 26.4. The number of hydrogen-bond donors (Lipinski definition) is 0. The molecule has 0 aliphatic carbocycles. The van der Waals surface area contributed by atoms with E-state index in [2.05, 4.69) is 405 Å². The van der Waals surface area contributed by atoms with E-state index in [0.717, 1.165) is 146 Å². The molecule has 104 heavy (non-hydrogen) atoms. The molecule has 0 bridgehead atoms. The molecule has 0 radical (unpaired) electrons. The summed E-state index contributed by atoms with van der Waals surface area (Å²) in [6.07, 6.45) is 0.764. The Balaban J connectivity index is 0.793. The van der Waals surface area contributed by atoms with Crippen LogP contribution >= 0.6 is 0 Å². The first-order valence-corrected chi connectivity index (χ1v) is 35.9. The lowest BCUT2D eigenvalue weighted by molar-refractivity contribution is 0.522. The largest absolute Gasteiger partial charge is 0.248 e. The molecule has 0 N–H and O–H groups in total. The molecule has 0 spiro atoms. The van der Waals surface area contributed by atoms with Gasteiger partial charge >= 0.3 is 0 Å². The summed E-state index contributed by atoms with van der Waals surface area (Å²) < 4.78 is 0. The summed E-state index contributed by atoms with van der Waals surface area (Å²) in [4.78, 5) is 22.2. The second-order valence-electron chi connectivity index (χ2n) is 28.9. The van der Waals surface area contributed by atoms with Gasteiger partial charge in [-0.25, -0.2) is 19.9 Å². The lowest BCUT2D eigenvalue weighted by Gasteiger charge is -2.26. The monoisotopic (exact) mass is 1330 g/mol. The number of pyridine rings is 1. The van der Waals surface area contributed by atoms with Crippen LogP contribution in [-0.2, 0) is 17.3 Å². The Labute approximate surface area is 611 Å². The Morgan fingerprint density at radius 2 is 0.452 bits per heavy atom. The molecule has 14 aromatic carbocycles. The van der Waals surface area contributed by atoms with Crippen molar-refractivity contribution in [2.45, 2.75) is 51.9 Å². The van der Waals surface area contributed by atoms with Gasteiger partial charge in [0.1, 0.15) is 0 Å². The summed E-state index contributed by atoms with van der Waals surface area (Å²) in [6, 6.07) is 133. The highest BCUT2D eigenvalue weighted by molar-refractivity contribution is 5.88. The van der Waals surface area contributed by atoms with Crippen LogP contribution in [0.1, 0.15) is 51.3 Å². The number of aromatic nitrogens is 4. The van der Waals surface area contributed by atoms with Gasteiger partial charge in [0.15, 0.2) is 17.5 Å². The summed E-state index contributed by atoms with van der Waals surface area (Å²) in [5, 5.41) is 0. The molecule has 16 rings (SSSR count). The van der Waals surface area contributed by atoms with Crippen molar-refractivity contribution in [1.29, 1.82) is 0 Å². The van der Waals surface area contributed by atoms with Crippen LogP contribution in [0.2, 0.25) is 0 Å². The van der Waals surface area contributed by atoms with Crippen molar-refractivity contribution in [3.8, 4) is 157 Å². The average Bonchev–Trinajstić information content (AvgIpc) is 0.785. The molecule has 16 aromatic rings. The Hall–Kier alpha value is -12.8. The van der Waals surface area contributed by atoms with Gasteiger partial charge in [0.05, 0.1) is 11.4 Å². The zero-order valence-corrected chi connectivity index (χ0v) is 59.2. The highest BCUT2D eigenvalue weighted by Gasteiger charge is 2.25. The lowest BCUT2D eigenvalue weighted by Crippen LogP contribution is -2.20. The minimum absolute atomic E-state index is 0.0106. The van der Waals surface area contributed by atoms with E-state index >= 15 is 0 Å². The Bertz CT molecular complexity index is 5390. The second-order valence-corrected chi connectivity index (χ2v) is 28.9. The second kappa shape index (κ2) is 28.7. The van der Waals surface area contributed by atoms with Gasteiger partial charge in [-0.05, 0) is 225 Å². The zero-order valence-electron chi connectivity index (χ0n) is 59.2. The zero-order chi connectivity index (χ0) is 70.6. The Morgan fingerprint density at radius 1 is 0.183 bits per heavy atom. The minimum atomic E-state index is -0.336. The van der Waals surface area contributed by atoms with E-state index < -0.39 is 0 Å². The van der Waals surface area contributed by atoms with E-state index in [4.69, 9.17) is 19.9 Å². The molecule has 4 nitrogen and oxygen atoms in total. The standard InChI is InChI=1S/C100H78N4/c1-99(2,3)92-49-47-76(48-50-92)87-65-94(88-56-79(69-30-13-6-14-31-69)52-80(57-88)70-32-15-7-16-33-70)101-95(66-87)89-58-81(71-34-17-8-18-35-71)55-86(59-89)77-44-27-29-68(51-77)67-100(4,5)93-46-28-45-78(64-93)96-102-97(90-60-82(72-36-19-9-20-37-72)53-83(61-90)73-38-21-10-22-39-73)104-98(103-96)91-62-84(74-40-23-11-24-41-74)54-85(63-91)75-42-25-12-26-43-75/h6-66H,67H2,1-5H3. The van der Waals surface area contributed by atoms with Gasteiger partial charge in [-0.15, -0.1) is 0 Å². The summed E-state index contributed by atoms with van der Waals surface area (Å²) in [5.41, 5.74) is 30.0. The van der Waals surface area contributed by atoms with Crippen molar-refractivity contribution in [1.82, 2.24) is 19.9 Å². The van der Waals surface area contributed by atoms with Gasteiger partial charge in [0.25, 0.3) is 0 Å². The molecule has 0 saturated carbocycles. The fourth-order valence-electron chi connectivity index (χ4n) is 14.3. The van der Waals surface area contributed by atoms with E-state index in [9.17, 15) is 0 Å². The summed E-state index contributed by atoms with van der Waals surface area (Å²) in [7, 11) is 0. The van der Waals surface area contributed by atoms with Crippen LogP contribution in [0.5, 0.6) is 0 Å². The maximum absolute atomic E-state index is 5.71. The molecule has 0 aliphatic rings. The van der Waals surface area contributed by atoms with Crippen molar-refractivity contribution >= 4 is 0 Å². The molecular weight excluding hydrogens is 1260 g/mol. The van der Waals surface area contributed by atoms with E-state index in [1.807, 2.05) is 0 Å². The van der Waals surface area contributed by atoms with Crippen LogP contribution in [0.3, 0.4) is 0 Å². The molecule has 0 unspecified atom stereocenters. The van der Waals surface area contributed by atoms with Gasteiger partial charge in [-0.2, -0.15) is 0 Å². The topological polar surface area (TPSA) is 51.6 Å². The minimum Gasteiger partial charge on any atom is -0.248 e. The van der Waals surface area contributed by atoms with Crippen LogP contribution in [0.25, 0.3) is 157 Å². The third kappa shape index (κ3) is 14.6. The maximum Gasteiger partial charge on any atom is 0.164 e. The molecule has 2 aromatic heterocycles. The van der Waals surface area contributed by atoms with Crippen molar-refractivity contribution in [2.24, 2.45) is 0 Å². The first-order chi connectivity index (χ1) is 50.8. The van der Waals surface area contributed by atoms with Gasteiger partial charge < -0.3 is 0 Å². The van der Waals surface area contributed by atoms with E-state index in [1.165, 1.54) is 16.7 Å². The van der Waals surface area contributed by atoms with Crippen molar-refractivity contribution in [3.63, 3.8) is 0 Å². The smallest absolute Gasteiger partial charge is 0.164 e. The van der Waals surface area contributed by atoms with Crippen molar-refractivity contribution in [2.75, 3.05) is 0 Å². The van der Waals surface area contributed by atoms with Gasteiger partial charge in [0, 0.05) is 27.8 Å². The first kappa shape index (κ1) is 65.8. The quantitative estimate of drug-likeness (QED) is 0.0912. The summed E-state index contributed by atoms with van der Waals surface area (Å²) in [6.45, 7) is 11.5. The van der Waals surface area contributed by atoms with Crippen LogP contribution in [-0.4, -0.2) is 19.9 Å². The molecule has 0 fully saturated rings. The van der Waals surface area contributed by atoms with E-state index in [-0.39, 0.29) is 10.8 Å². The molecule has 0 amide bonds. The maximum atomic E-state index is 5.71. The normalized spacial score (nSPS) is 11.5. The number of benzene rings is 14. The summed E-state index contributed by atoms with van der Waals surface area (Å²) in [5.74, 6) is 1.78. The van der Waals surface area contributed by atoms with Crippen LogP contribution < -0.4 is 0 Å². The number of nitrogens with zero attached hydrogens (tertiary/aromatic N) is 4. The van der Waals surface area contributed by atoms with Gasteiger partial charge in [0.2, 0.25) is 0 Å². The van der Waals surface area contributed by atoms with E-state index in [1.54, 1.807) is 0 Å². The Kier molecular flexibility index (Phi) is 18.2. The molecule has 0 saturated heterocycles. The van der Waals surface area contributed by atoms with Crippen LogP contribution in [0, 0.1) is 0 Å². The molecule has 0 atom stereocenters. The highest BCUT2D eigenvalue weighted by atomic mass is 15.0. The molecule has 498 valence electrons. The summed E-state index contributed by atoms with van der Waals surface area (Å²) >= 11 is 0. The van der Waals surface area contributed by atoms with Crippen molar-refractivity contribution < 1.29 is 0 Å². The Morgan fingerprint density at radius 3 is 0.798 bits per heavy atom. The van der Waals surface area contributed by atoms with Crippen LogP contribution in [0.15, 0.2) is 370 Å². The third-order valence-electron chi connectivity index (χ3n) is 19.9. The van der Waals surface area contributed by atoms with E-state index in [0.29, 0.717) is 17.5 Å². The number of rotatable bonds is 17. The SMILES string of the molecule is CC(C)(C)c1ccc(-c2cc(-c3cc(-c4ccccc4)cc(-c4ccccc4)c3)nc(-c3cc(-c4ccccc4)cc(-c4cccc(CC(C)(C)c5cccc(-c6nc(-c7cc(-c8ccccc8)cc(-c8ccccc8)c7)nc(-c7cc(-c8ccccc8)cc(-c8ccccc8)c7)n6)c5)c4)c3)c2)cc1. The fraction of sp³-hybridized carbons (Fsp3) is 0.0800. The molecular formula is C100H78N4.